The highest BCUT2D eigenvalue weighted by Crippen LogP contribution is 2.62. The van der Waals surface area contributed by atoms with Gasteiger partial charge in [-0.05, 0) is 153 Å². The highest BCUT2D eigenvalue weighted by atomic mass is 15.3. The van der Waals surface area contributed by atoms with E-state index in [-0.39, 0.29) is 33.9 Å². The maximum absolute atomic E-state index is 2.76. The Morgan fingerprint density at radius 1 is 0.458 bits per heavy atom. The predicted molar refractivity (Wildman–Crippen MR) is 308 cm³/mol. The Kier molecular flexibility index (Phi) is 9.63. The molecule has 4 heteroatoms. The maximum Gasteiger partial charge on any atom is 0.252 e. The summed E-state index contributed by atoms with van der Waals surface area (Å²) in [6.45, 7) is 26.3. The van der Waals surface area contributed by atoms with Crippen LogP contribution in [-0.2, 0) is 21.7 Å². The predicted octanol–water partition coefficient (Wildman–Crippen LogP) is 16.4. The molecule has 3 aliphatic heterocycles. The van der Waals surface area contributed by atoms with Crippen LogP contribution in [0.1, 0.15) is 128 Å². The van der Waals surface area contributed by atoms with Crippen LogP contribution in [0, 0.1) is 6.92 Å². The number of rotatable bonds is 4. The van der Waals surface area contributed by atoms with Gasteiger partial charge < -0.3 is 14.7 Å². The van der Waals surface area contributed by atoms with Gasteiger partial charge in [-0.2, -0.15) is 0 Å². The number of aryl methyl sites for hydroxylation is 1. The van der Waals surface area contributed by atoms with Gasteiger partial charge in [-0.25, -0.2) is 0 Å². The summed E-state index contributed by atoms with van der Waals surface area (Å²) in [4.78, 5) is 8.12. The van der Waals surface area contributed by atoms with E-state index in [9.17, 15) is 0 Å². The molecule has 0 bridgehead atoms. The van der Waals surface area contributed by atoms with Gasteiger partial charge in [0.25, 0.3) is 6.71 Å². The minimum Gasteiger partial charge on any atom is -0.334 e. The number of nitrogens with zero attached hydrogens (tertiary/aromatic N) is 3. The van der Waals surface area contributed by atoms with Crippen molar-refractivity contribution in [1.82, 2.24) is 0 Å². The molecule has 8 aromatic rings. The molecule has 1 fully saturated rings. The summed E-state index contributed by atoms with van der Waals surface area (Å²) < 4.78 is 0. The van der Waals surface area contributed by atoms with Crippen LogP contribution in [0.2, 0.25) is 0 Å². The molecule has 72 heavy (non-hydrogen) atoms. The molecule has 3 nitrogen and oxygen atoms in total. The lowest BCUT2D eigenvalue weighted by Gasteiger charge is -2.50. The van der Waals surface area contributed by atoms with Crippen LogP contribution in [-0.4, -0.2) is 12.3 Å². The average molecular weight is 938 g/mol. The fourth-order valence-electron chi connectivity index (χ4n) is 14.3. The van der Waals surface area contributed by atoms with Gasteiger partial charge in [0.05, 0.1) is 16.9 Å². The van der Waals surface area contributed by atoms with Crippen LogP contribution >= 0.6 is 0 Å². The van der Waals surface area contributed by atoms with Crippen LogP contribution in [0.15, 0.2) is 164 Å². The molecule has 0 N–H and O–H groups in total. The number of para-hydroxylation sites is 1. The smallest absolute Gasteiger partial charge is 0.252 e. The molecule has 2 unspecified atom stereocenters. The van der Waals surface area contributed by atoms with E-state index in [0.717, 1.165) is 6.42 Å². The number of anilines is 8. The third-order valence-corrected chi connectivity index (χ3v) is 18.4. The van der Waals surface area contributed by atoms with Crippen LogP contribution in [0.5, 0.6) is 0 Å². The first-order valence-electron chi connectivity index (χ1n) is 26.8. The van der Waals surface area contributed by atoms with Crippen molar-refractivity contribution in [3.63, 3.8) is 0 Å². The van der Waals surface area contributed by atoms with E-state index in [1.165, 1.54) is 137 Å². The van der Waals surface area contributed by atoms with E-state index in [0.29, 0.717) is 0 Å². The Balaban J connectivity index is 1.13. The molecular formula is C68H68BN3. The van der Waals surface area contributed by atoms with Crippen molar-refractivity contribution >= 4 is 68.6 Å². The second kappa shape index (κ2) is 15.4. The second-order valence-corrected chi connectivity index (χ2v) is 25.0. The SMILES string of the molecule is Cc1cc2c3c(c1)N(c1cccc4c1-c1ccccc1C4(C)C)c1cc(C(C)(C)C)ccc1B3c1ccc(N3c4ccccc4C4(C)CCCCC34C)cc1N2c1ccc(C(C)(C)C)cc1-c1ccccc1. The number of fused-ring (bicyclic) bond motifs is 10. The van der Waals surface area contributed by atoms with Gasteiger partial charge in [0.15, 0.2) is 0 Å². The molecule has 13 rings (SSSR count). The van der Waals surface area contributed by atoms with Crippen LogP contribution in [0.4, 0.5) is 45.5 Å². The molecule has 358 valence electrons. The molecule has 3 heterocycles. The Morgan fingerprint density at radius 2 is 1.04 bits per heavy atom. The molecule has 0 aromatic heterocycles. The standard InChI is InChI=1S/C68H68BN3/c1-43-38-60-63-61(39-43)71(57-29-21-27-52-62(57)48-24-15-16-25-50(48)66(52,8)9)58-41-46(65(5,6)7)30-33-53(58)69(63)54-34-32-47(72-56-28-18-17-26-51(56)67(10)36-19-20-37-68(67,72)11)42-59(54)70(60)55-35-31-45(64(2,3)4)40-49(55)44-22-13-12-14-23-44/h12-18,21-35,38-42H,19-20,36-37H2,1-11H3. The molecule has 0 radical (unpaired) electrons. The summed E-state index contributed by atoms with van der Waals surface area (Å²) in [5.74, 6) is 0. The van der Waals surface area contributed by atoms with Crippen molar-refractivity contribution < 1.29 is 0 Å². The van der Waals surface area contributed by atoms with Crippen molar-refractivity contribution in [3.8, 4) is 22.3 Å². The highest BCUT2D eigenvalue weighted by molar-refractivity contribution is 7.00. The van der Waals surface area contributed by atoms with E-state index in [2.05, 4.69) is 255 Å². The van der Waals surface area contributed by atoms with Crippen molar-refractivity contribution in [1.29, 1.82) is 0 Å². The van der Waals surface area contributed by atoms with Crippen molar-refractivity contribution in [2.45, 2.75) is 129 Å². The fraction of sp³-hybridized carbons (Fsp3) is 0.294. The minimum absolute atomic E-state index is 0.00734. The zero-order valence-corrected chi connectivity index (χ0v) is 44.3. The number of hydrogen-bond donors (Lipinski definition) is 0. The average Bonchev–Trinajstić information content (AvgIpc) is 3.73. The third kappa shape index (κ3) is 6.23. The maximum atomic E-state index is 2.76. The van der Waals surface area contributed by atoms with Gasteiger partial charge in [-0.15, -0.1) is 0 Å². The van der Waals surface area contributed by atoms with Gasteiger partial charge in [0, 0.05) is 56.1 Å². The second-order valence-electron chi connectivity index (χ2n) is 25.0. The lowest BCUT2D eigenvalue weighted by Crippen LogP contribution is -2.61. The topological polar surface area (TPSA) is 9.72 Å². The van der Waals surface area contributed by atoms with Crippen LogP contribution < -0.4 is 31.1 Å². The zero-order chi connectivity index (χ0) is 49.9. The molecule has 5 aliphatic rings. The molecule has 0 amide bonds. The van der Waals surface area contributed by atoms with Gasteiger partial charge in [-0.1, -0.05) is 184 Å². The Morgan fingerprint density at radius 3 is 1.78 bits per heavy atom. The van der Waals surface area contributed by atoms with E-state index < -0.39 is 0 Å². The first-order chi connectivity index (χ1) is 34.4. The zero-order valence-electron chi connectivity index (χ0n) is 44.3. The van der Waals surface area contributed by atoms with Gasteiger partial charge in [-0.3, -0.25) is 0 Å². The summed E-state index contributed by atoms with van der Waals surface area (Å²) >= 11 is 0. The summed E-state index contributed by atoms with van der Waals surface area (Å²) in [5.41, 5.74) is 27.2. The molecule has 2 atom stereocenters. The molecule has 0 saturated heterocycles. The van der Waals surface area contributed by atoms with Gasteiger partial charge in [0.2, 0.25) is 0 Å². The fourth-order valence-corrected chi connectivity index (χ4v) is 14.3. The first kappa shape index (κ1) is 45.1. The normalized spacial score (nSPS) is 20.0. The van der Waals surface area contributed by atoms with Crippen molar-refractivity contribution in [2.75, 3.05) is 14.7 Å². The Bertz CT molecular complexity index is 3550. The van der Waals surface area contributed by atoms with E-state index in [1.807, 2.05) is 0 Å². The summed E-state index contributed by atoms with van der Waals surface area (Å²) in [7, 11) is 0. The highest BCUT2D eigenvalue weighted by Gasteiger charge is 2.58. The van der Waals surface area contributed by atoms with E-state index >= 15 is 0 Å². The summed E-state index contributed by atoms with van der Waals surface area (Å²) in [6, 6.07) is 64.1. The van der Waals surface area contributed by atoms with Crippen molar-refractivity contribution in [2.24, 2.45) is 0 Å². The summed E-state index contributed by atoms with van der Waals surface area (Å²) in [5, 5.41) is 0. The minimum atomic E-state index is -0.134. The largest absolute Gasteiger partial charge is 0.334 e. The van der Waals surface area contributed by atoms with E-state index in [4.69, 9.17) is 0 Å². The molecule has 8 aromatic carbocycles. The molecule has 0 spiro atoms. The van der Waals surface area contributed by atoms with Gasteiger partial charge >= 0.3 is 0 Å². The molecule has 2 aliphatic carbocycles. The first-order valence-corrected chi connectivity index (χ1v) is 26.8. The van der Waals surface area contributed by atoms with Crippen LogP contribution in [0.25, 0.3) is 22.3 Å². The number of hydrogen-bond acceptors (Lipinski definition) is 3. The Labute approximate surface area is 429 Å². The van der Waals surface area contributed by atoms with Gasteiger partial charge in [0.1, 0.15) is 0 Å². The lowest BCUT2D eigenvalue weighted by atomic mass is 9.33. The van der Waals surface area contributed by atoms with Crippen LogP contribution in [0.3, 0.4) is 0 Å². The Hall–Kier alpha value is -6.78. The van der Waals surface area contributed by atoms with Crippen molar-refractivity contribution in [3.05, 3.63) is 197 Å². The quantitative estimate of drug-likeness (QED) is 0.163. The molecular weight excluding hydrogens is 870 g/mol. The lowest BCUT2D eigenvalue weighted by molar-refractivity contribution is 0.195. The number of benzene rings is 8. The van der Waals surface area contributed by atoms with E-state index in [1.54, 1.807) is 0 Å². The summed E-state index contributed by atoms with van der Waals surface area (Å²) in [6.07, 6.45) is 4.86. The molecule has 1 saturated carbocycles. The monoisotopic (exact) mass is 938 g/mol. The third-order valence-electron chi connectivity index (χ3n) is 18.4.